The molecule has 0 heterocycles. The molecule has 0 nitrogen and oxygen atoms in total. The van der Waals surface area contributed by atoms with Gasteiger partial charge in [0.05, 0.1) is 0 Å². The van der Waals surface area contributed by atoms with Gasteiger partial charge in [-0.15, -0.1) is 0 Å². The molecule has 0 saturated heterocycles. The van der Waals surface area contributed by atoms with Gasteiger partial charge in [0.2, 0.25) is 5.83 Å². The fourth-order valence-electron chi connectivity index (χ4n) is 0.387. The normalized spacial score (nSPS) is 16.4. The minimum Gasteiger partial charge on any atom is -0.203 e. The maximum absolute atomic E-state index is 12.1. The summed E-state index contributed by atoms with van der Waals surface area (Å²) in [6.07, 6.45) is -12.3. The third-order valence-corrected chi connectivity index (χ3v) is 1.45. The highest BCUT2D eigenvalue weighted by Crippen LogP contribution is 2.46. The largest absolute Gasteiger partial charge is 0.460 e. The van der Waals surface area contributed by atoms with Crippen molar-refractivity contribution in [2.45, 2.75) is 18.3 Å². The van der Waals surface area contributed by atoms with Crippen LogP contribution in [0.25, 0.3) is 0 Å². The van der Waals surface area contributed by atoms with E-state index < -0.39 is 29.1 Å². The molecule has 15 heavy (non-hydrogen) atoms. The van der Waals surface area contributed by atoms with Crippen LogP contribution in [0.3, 0.4) is 0 Å². The number of halogens is 10. The Morgan fingerprint density at radius 2 is 1.13 bits per heavy atom. The van der Waals surface area contributed by atoms with Gasteiger partial charge in [-0.3, -0.25) is 0 Å². The molecule has 0 saturated carbocycles. The summed E-state index contributed by atoms with van der Waals surface area (Å²) in [4.78, 5) is 0. The van der Waals surface area contributed by atoms with Crippen LogP contribution < -0.4 is 0 Å². The Bertz CT molecular complexity index is 269. The maximum Gasteiger partial charge on any atom is 0.460 e. The lowest BCUT2D eigenvalue weighted by Crippen LogP contribution is -2.38. The Morgan fingerprint density at radius 1 is 0.800 bits per heavy atom. The molecule has 0 aromatic rings. The van der Waals surface area contributed by atoms with Gasteiger partial charge in [0, 0.05) is 0 Å². The quantitative estimate of drug-likeness (QED) is 0.625. The van der Waals surface area contributed by atoms with Crippen LogP contribution in [0.1, 0.15) is 0 Å². The molecule has 90 valence electrons. The number of alkyl halides is 8. The third kappa shape index (κ3) is 2.93. The van der Waals surface area contributed by atoms with E-state index in [0.29, 0.717) is 0 Å². The van der Waals surface area contributed by atoms with E-state index in [9.17, 15) is 39.5 Å². The zero-order valence-electron chi connectivity index (χ0n) is 6.28. The highest BCUT2D eigenvalue weighted by Gasteiger charge is 2.63. The first-order chi connectivity index (χ1) is 6.32. The summed E-state index contributed by atoms with van der Waals surface area (Å²) < 4.78 is 105. The summed E-state index contributed by atoms with van der Waals surface area (Å²) in [5, 5.41) is -3.13. The average molecular weight is 266 g/mol. The van der Waals surface area contributed by atoms with Gasteiger partial charge < -0.3 is 0 Å². The van der Waals surface area contributed by atoms with E-state index in [0.717, 1.165) is 0 Å². The van der Waals surface area contributed by atoms with Crippen LogP contribution in [0.2, 0.25) is 0 Å². The lowest BCUT2D eigenvalue weighted by atomic mass is 10.2. The fraction of sp³-hybridized carbons (Fsp3) is 0.600. The minimum absolute atomic E-state index is 3.13. The fourth-order valence-corrected chi connectivity index (χ4v) is 0.505. The van der Waals surface area contributed by atoms with E-state index >= 15 is 0 Å². The van der Waals surface area contributed by atoms with Crippen molar-refractivity contribution in [3.63, 3.8) is 0 Å². The first kappa shape index (κ1) is 14.4. The average Bonchev–Trinajstić information content (AvgIpc) is 1.97. The first-order valence-electron chi connectivity index (χ1n) is 2.89. The molecule has 0 spiro atoms. The molecule has 0 bridgehead atoms. The Morgan fingerprint density at radius 3 is 1.33 bits per heavy atom. The summed E-state index contributed by atoms with van der Waals surface area (Å²) in [5.74, 6) is -10.0. The van der Waals surface area contributed by atoms with Crippen molar-refractivity contribution >= 4 is 11.6 Å². The summed E-state index contributed by atoms with van der Waals surface area (Å²) >= 11 is 4.00. The van der Waals surface area contributed by atoms with Crippen LogP contribution in [0.4, 0.5) is 39.5 Å². The molecule has 0 N–H and O–H groups in total. The summed E-state index contributed by atoms with van der Waals surface area (Å²) in [7, 11) is 0. The molecule has 0 rings (SSSR count). The van der Waals surface area contributed by atoms with Crippen LogP contribution >= 0.6 is 11.6 Å². The second kappa shape index (κ2) is 3.76. The third-order valence-electron chi connectivity index (χ3n) is 1.07. The van der Waals surface area contributed by atoms with Crippen molar-refractivity contribution in [1.29, 1.82) is 0 Å². The zero-order valence-corrected chi connectivity index (χ0v) is 7.04. The van der Waals surface area contributed by atoms with Gasteiger partial charge in [-0.05, 0) is 0 Å². The smallest absolute Gasteiger partial charge is 0.203 e. The van der Waals surface area contributed by atoms with Gasteiger partial charge >= 0.3 is 18.3 Å². The predicted octanol–water partition coefficient (Wildman–Crippen LogP) is 4.17. The van der Waals surface area contributed by atoms with E-state index in [4.69, 9.17) is 0 Å². The van der Waals surface area contributed by atoms with Crippen LogP contribution in [0.5, 0.6) is 0 Å². The van der Waals surface area contributed by atoms with Gasteiger partial charge in [0.15, 0.2) is 5.03 Å². The molecule has 0 aliphatic rings. The predicted molar refractivity (Wildman–Crippen MR) is 31.0 cm³/mol. The molecule has 0 fully saturated rings. The lowest BCUT2D eigenvalue weighted by Gasteiger charge is -2.19. The van der Waals surface area contributed by atoms with E-state index in [2.05, 4.69) is 11.6 Å². The zero-order chi connectivity index (χ0) is 12.7. The lowest BCUT2D eigenvalue weighted by molar-refractivity contribution is -0.271. The van der Waals surface area contributed by atoms with Crippen molar-refractivity contribution in [3.05, 3.63) is 10.9 Å². The summed E-state index contributed by atoms with van der Waals surface area (Å²) in [6.45, 7) is 0. The summed E-state index contributed by atoms with van der Waals surface area (Å²) in [6, 6.07) is 0. The molecule has 10 heteroatoms. The van der Waals surface area contributed by atoms with Gasteiger partial charge in [0.25, 0.3) is 0 Å². The standard InChI is InChI=1S/C5ClF9/c6-1(4(10,11)12)2(7)3(8,9)5(13,14)15. The summed E-state index contributed by atoms with van der Waals surface area (Å²) in [5.41, 5.74) is 0. The Kier molecular flexibility index (Phi) is 3.61. The van der Waals surface area contributed by atoms with Crippen molar-refractivity contribution in [1.82, 2.24) is 0 Å². The molecule has 0 amide bonds. The van der Waals surface area contributed by atoms with Gasteiger partial charge in [-0.25, -0.2) is 4.39 Å². The number of allylic oxidation sites excluding steroid dienone is 2. The Labute approximate surface area is 81.3 Å². The molecule has 0 aromatic carbocycles. The number of rotatable bonds is 1. The Balaban J connectivity index is 5.44. The van der Waals surface area contributed by atoms with Gasteiger partial charge in [0.1, 0.15) is 0 Å². The topological polar surface area (TPSA) is 0 Å². The second-order valence-electron chi connectivity index (χ2n) is 2.20. The molecule has 0 radical (unpaired) electrons. The molecular weight excluding hydrogens is 266 g/mol. The first-order valence-corrected chi connectivity index (χ1v) is 3.27. The molecule has 0 aliphatic carbocycles. The maximum atomic E-state index is 12.1. The number of hydrogen-bond acceptors (Lipinski definition) is 0. The van der Waals surface area contributed by atoms with E-state index in [1.807, 2.05) is 0 Å². The van der Waals surface area contributed by atoms with Crippen LogP contribution in [-0.2, 0) is 0 Å². The highest BCUT2D eigenvalue weighted by atomic mass is 35.5. The molecule has 0 unspecified atom stereocenters. The Hall–Kier alpha value is -0.600. The highest BCUT2D eigenvalue weighted by molar-refractivity contribution is 6.30. The van der Waals surface area contributed by atoms with Crippen molar-refractivity contribution in [3.8, 4) is 0 Å². The van der Waals surface area contributed by atoms with Crippen molar-refractivity contribution in [2.24, 2.45) is 0 Å². The van der Waals surface area contributed by atoms with E-state index in [1.165, 1.54) is 0 Å². The van der Waals surface area contributed by atoms with Gasteiger partial charge in [-0.2, -0.15) is 35.1 Å². The van der Waals surface area contributed by atoms with Crippen LogP contribution in [0, 0.1) is 0 Å². The molecule has 0 aliphatic heterocycles. The van der Waals surface area contributed by atoms with Crippen molar-refractivity contribution < 1.29 is 39.5 Å². The minimum atomic E-state index is -6.48. The van der Waals surface area contributed by atoms with Gasteiger partial charge in [-0.1, -0.05) is 11.6 Å². The van der Waals surface area contributed by atoms with Crippen molar-refractivity contribution in [2.75, 3.05) is 0 Å². The van der Waals surface area contributed by atoms with Crippen LogP contribution in [0.15, 0.2) is 10.9 Å². The van der Waals surface area contributed by atoms with E-state index in [-0.39, 0.29) is 0 Å². The molecule has 0 atom stereocenters. The SMILES string of the molecule is FC(=C(Cl)C(F)(F)F)C(F)(F)C(F)(F)F. The number of hydrogen-bond donors (Lipinski definition) is 0. The second-order valence-corrected chi connectivity index (χ2v) is 2.58. The van der Waals surface area contributed by atoms with Crippen LogP contribution in [-0.4, -0.2) is 18.3 Å². The molecular formula is C5ClF9. The monoisotopic (exact) mass is 266 g/mol. The molecule has 0 aromatic heterocycles. The van der Waals surface area contributed by atoms with E-state index in [1.54, 1.807) is 0 Å².